The second kappa shape index (κ2) is 5.86. The van der Waals surface area contributed by atoms with Crippen LogP contribution in [0.5, 0.6) is 0 Å². The second-order valence-electron chi connectivity index (χ2n) is 5.29. The fraction of sp³-hybridized carbons (Fsp3) is 0.583. The van der Waals surface area contributed by atoms with Crippen molar-refractivity contribution in [3.8, 4) is 0 Å². The van der Waals surface area contributed by atoms with Crippen molar-refractivity contribution in [1.82, 2.24) is 14.5 Å². The van der Waals surface area contributed by atoms with Crippen LogP contribution in [0.15, 0.2) is 11.1 Å². The molecule has 3 rings (SSSR count). The first-order chi connectivity index (χ1) is 11.0. The summed E-state index contributed by atoms with van der Waals surface area (Å²) in [6.45, 7) is -0.572. The van der Waals surface area contributed by atoms with Crippen LogP contribution in [0.25, 0.3) is 11.2 Å². The maximum Gasteiger partial charge on any atom is 0.313 e. The molecule has 11 heteroatoms. The summed E-state index contributed by atoms with van der Waals surface area (Å²) in [6, 6.07) is 0. The van der Waals surface area contributed by atoms with E-state index in [1.807, 2.05) is 0 Å². The van der Waals surface area contributed by atoms with Crippen molar-refractivity contribution in [3.05, 3.63) is 16.7 Å². The SMILES string of the molecule is Nc1nc2c(c(=O)[nH]1)n(CCO)c[n+]2C1OC(CO)C(O)C1O. The Labute approximate surface area is 129 Å². The van der Waals surface area contributed by atoms with E-state index in [-0.39, 0.29) is 30.3 Å². The van der Waals surface area contributed by atoms with E-state index in [9.17, 15) is 20.1 Å². The summed E-state index contributed by atoms with van der Waals surface area (Å²) in [6.07, 6.45) is -3.19. The lowest BCUT2D eigenvalue weighted by molar-refractivity contribution is -0.746. The van der Waals surface area contributed by atoms with E-state index >= 15 is 0 Å². The largest absolute Gasteiger partial charge is 0.394 e. The van der Waals surface area contributed by atoms with Crippen LogP contribution in [-0.2, 0) is 11.3 Å². The number of imidazole rings is 1. The molecule has 0 bridgehead atoms. The number of hydrogen-bond acceptors (Lipinski definition) is 8. The van der Waals surface area contributed by atoms with Crippen LogP contribution >= 0.6 is 0 Å². The fourth-order valence-electron chi connectivity index (χ4n) is 2.75. The van der Waals surface area contributed by atoms with Gasteiger partial charge >= 0.3 is 5.65 Å². The highest BCUT2D eigenvalue weighted by atomic mass is 16.6. The van der Waals surface area contributed by atoms with Crippen molar-refractivity contribution in [2.45, 2.75) is 31.1 Å². The molecule has 4 atom stereocenters. The second-order valence-corrected chi connectivity index (χ2v) is 5.29. The smallest absolute Gasteiger partial charge is 0.313 e. The first-order valence-electron chi connectivity index (χ1n) is 7.01. The van der Waals surface area contributed by atoms with Crippen LogP contribution < -0.4 is 15.9 Å². The summed E-state index contributed by atoms with van der Waals surface area (Å²) in [5.41, 5.74) is 5.33. The zero-order valence-corrected chi connectivity index (χ0v) is 12.0. The Kier molecular flexibility index (Phi) is 4.04. The Morgan fingerprint density at radius 2 is 2.13 bits per heavy atom. The van der Waals surface area contributed by atoms with Crippen molar-refractivity contribution >= 4 is 17.1 Å². The lowest BCUT2D eigenvalue weighted by Gasteiger charge is -2.12. The van der Waals surface area contributed by atoms with Crippen LogP contribution in [0.2, 0.25) is 0 Å². The maximum absolute atomic E-state index is 12.1. The number of aliphatic hydroxyl groups excluding tert-OH is 4. The van der Waals surface area contributed by atoms with Gasteiger partial charge in [0.15, 0.2) is 6.33 Å². The van der Waals surface area contributed by atoms with E-state index < -0.39 is 36.7 Å². The first-order valence-corrected chi connectivity index (χ1v) is 7.01. The van der Waals surface area contributed by atoms with Crippen molar-refractivity contribution in [3.63, 3.8) is 0 Å². The van der Waals surface area contributed by atoms with Gasteiger partial charge in [0.1, 0.15) is 18.3 Å². The van der Waals surface area contributed by atoms with E-state index in [0.717, 1.165) is 0 Å². The van der Waals surface area contributed by atoms with E-state index in [1.165, 1.54) is 15.5 Å². The number of nitrogens with zero attached hydrogens (tertiary/aromatic N) is 3. The standard InChI is InChI=1S/C12H17N5O6/c13-12-14-9-6(10(22)15-12)16(1-2-18)4-17(9)11-8(21)7(20)5(3-19)23-11/h4-5,7-8,11,18-21H,1-3H2,(H2-,13,14,15,22)/p+1. The van der Waals surface area contributed by atoms with Gasteiger partial charge in [0.25, 0.3) is 11.5 Å². The molecule has 23 heavy (non-hydrogen) atoms. The van der Waals surface area contributed by atoms with Gasteiger partial charge in [0.2, 0.25) is 11.7 Å². The fourth-order valence-corrected chi connectivity index (χ4v) is 2.75. The monoisotopic (exact) mass is 328 g/mol. The molecule has 0 saturated carbocycles. The zero-order chi connectivity index (χ0) is 16.7. The van der Waals surface area contributed by atoms with Crippen molar-refractivity contribution < 1.29 is 29.7 Å². The normalized spacial score (nSPS) is 27.8. The Balaban J connectivity index is 2.16. The van der Waals surface area contributed by atoms with E-state index in [4.69, 9.17) is 15.6 Å². The predicted octanol–water partition coefficient (Wildman–Crippen LogP) is -3.80. The highest BCUT2D eigenvalue weighted by molar-refractivity contribution is 5.67. The summed E-state index contributed by atoms with van der Waals surface area (Å²) in [7, 11) is 0. The number of aliphatic hydroxyl groups is 4. The lowest BCUT2D eigenvalue weighted by Crippen LogP contribution is -2.46. The van der Waals surface area contributed by atoms with Crippen LogP contribution in [-0.4, -0.2) is 66.5 Å². The summed E-state index contributed by atoms with van der Waals surface area (Å²) >= 11 is 0. The summed E-state index contributed by atoms with van der Waals surface area (Å²) in [5.74, 6) is -0.121. The average Bonchev–Trinajstić information content (AvgIpc) is 2.99. The zero-order valence-electron chi connectivity index (χ0n) is 12.0. The Morgan fingerprint density at radius 3 is 2.74 bits per heavy atom. The highest BCUT2D eigenvalue weighted by Crippen LogP contribution is 2.26. The van der Waals surface area contributed by atoms with Gasteiger partial charge in [-0.25, -0.2) is 4.57 Å². The van der Waals surface area contributed by atoms with Gasteiger partial charge in [-0.2, -0.15) is 0 Å². The number of hydrogen-bond donors (Lipinski definition) is 6. The average molecular weight is 328 g/mol. The van der Waals surface area contributed by atoms with Crippen molar-refractivity contribution in [2.24, 2.45) is 0 Å². The van der Waals surface area contributed by atoms with Crippen LogP contribution in [0.4, 0.5) is 5.95 Å². The molecule has 3 heterocycles. The number of aromatic nitrogens is 4. The van der Waals surface area contributed by atoms with Gasteiger partial charge in [-0.05, 0) is 0 Å². The number of aromatic amines is 1. The Morgan fingerprint density at radius 1 is 1.39 bits per heavy atom. The van der Waals surface area contributed by atoms with Gasteiger partial charge in [-0.15, -0.1) is 0 Å². The number of nitrogens with two attached hydrogens (primary N) is 1. The van der Waals surface area contributed by atoms with Crippen LogP contribution in [0.3, 0.4) is 0 Å². The molecule has 11 nitrogen and oxygen atoms in total. The molecule has 2 aromatic rings. The molecule has 126 valence electrons. The molecule has 0 aliphatic carbocycles. The molecule has 2 aromatic heterocycles. The third-order valence-corrected chi connectivity index (χ3v) is 3.82. The van der Waals surface area contributed by atoms with Crippen LogP contribution in [0.1, 0.15) is 6.23 Å². The molecule has 0 radical (unpaired) electrons. The molecule has 0 aromatic carbocycles. The van der Waals surface area contributed by atoms with Crippen molar-refractivity contribution in [1.29, 1.82) is 0 Å². The third kappa shape index (κ3) is 2.48. The van der Waals surface area contributed by atoms with Crippen LogP contribution in [0, 0.1) is 0 Å². The number of anilines is 1. The molecular weight excluding hydrogens is 310 g/mol. The Bertz CT molecular complexity index is 773. The first kappa shape index (κ1) is 15.8. The van der Waals surface area contributed by atoms with Gasteiger partial charge in [-0.3, -0.25) is 14.3 Å². The van der Waals surface area contributed by atoms with E-state index in [0.29, 0.717) is 0 Å². The Hall–Kier alpha value is -2.05. The summed E-state index contributed by atoms with van der Waals surface area (Å²) in [4.78, 5) is 18.5. The van der Waals surface area contributed by atoms with Gasteiger partial charge < -0.3 is 30.9 Å². The number of fused-ring (bicyclic) bond motifs is 1. The predicted molar refractivity (Wildman–Crippen MR) is 75.1 cm³/mol. The lowest BCUT2D eigenvalue weighted by atomic mass is 10.1. The minimum absolute atomic E-state index is 0.118. The topological polar surface area (TPSA) is 171 Å². The third-order valence-electron chi connectivity index (χ3n) is 3.82. The molecule has 1 aliphatic rings. The number of H-pyrrole nitrogens is 1. The number of rotatable bonds is 4. The number of nitrogen functional groups attached to an aromatic ring is 1. The van der Waals surface area contributed by atoms with Crippen molar-refractivity contribution in [2.75, 3.05) is 18.9 Å². The van der Waals surface area contributed by atoms with Gasteiger partial charge in [0, 0.05) is 0 Å². The van der Waals surface area contributed by atoms with E-state index in [1.54, 1.807) is 0 Å². The van der Waals surface area contributed by atoms with Gasteiger partial charge in [-0.1, -0.05) is 4.98 Å². The molecular formula is C12H18N5O6+. The molecule has 1 aliphatic heterocycles. The molecule has 7 N–H and O–H groups in total. The minimum Gasteiger partial charge on any atom is -0.394 e. The molecule has 1 saturated heterocycles. The summed E-state index contributed by atoms with van der Waals surface area (Å²) < 4.78 is 8.23. The van der Waals surface area contributed by atoms with E-state index in [2.05, 4.69) is 9.97 Å². The summed E-state index contributed by atoms with van der Waals surface area (Å²) in [5, 5.41) is 38.3. The molecule has 0 amide bonds. The number of ether oxygens (including phenoxy) is 1. The maximum atomic E-state index is 12.1. The molecule has 1 fully saturated rings. The highest BCUT2D eigenvalue weighted by Gasteiger charge is 2.46. The van der Waals surface area contributed by atoms with Gasteiger partial charge in [0.05, 0.1) is 19.8 Å². The minimum atomic E-state index is -1.33. The quantitative estimate of drug-likeness (QED) is 0.310. The number of nitrogens with one attached hydrogen (secondary N) is 1. The molecule has 4 unspecified atom stereocenters. The molecule has 0 spiro atoms.